The van der Waals surface area contributed by atoms with Crippen LogP contribution in [-0.4, -0.2) is 16.1 Å². The molecule has 4 heteroatoms. The van der Waals surface area contributed by atoms with E-state index in [4.69, 9.17) is 0 Å². The Kier molecular flexibility index (Phi) is 3.77. The van der Waals surface area contributed by atoms with Gasteiger partial charge in [-0.2, -0.15) is 5.10 Å². The molecule has 1 amide bonds. The summed E-state index contributed by atoms with van der Waals surface area (Å²) in [5.41, 5.74) is 3.81. The number of rotatable bonds is 4. The number of hydrogen-bond donors (Lipinski definition) is 2. The standard InChI is InChI=1S/C14H17N3O/c1-3-4-14(18)15-12-7-5-11(6-8-12)13-9-10(2)16-17-13/h5-9H,3-4H2,1-2H3,(H,15,18)(H,16,17). The number of hydrogen-bond acceptors (Lipinski definition) is 2. The normalized spacial score (nSPS) is 10.3. The summed E-state index contributed by atoms with van der Waals surface area (Å²) in [6.45, 7) is 3.96. The van der Waals surface area contributed by atoms with Gasteiger partial charge >= 0.3 is 0 Å². The predicted octanol–water partition coefficient (Wildman–Crippen LogP) is 3.12. The fourth-order valence-electron chi connectivity index (χ4n) is 1.74. The van der Waals surface area contributed by atoms with Crippen molar-refractivity contribution in [3.8, 4) is 11.3 Å². The molecule has 0 spiro atoms. The van der Waals surface area contributed by atoms with Crippen molar-refractivity contribution in [2.24, 2.45) is 0 Å². The molecular formula is C14H17N3O. The van der Waals surface area contributed by atoms with Crippen LogP contribution in [0.15, 0.2) is 30.3 Å². The highest BCUT2D eigenvalue weighted by molar-refractivity contribution is 5.90. The second-order valence-corrected chi connectivity index (χ2v) is 4.31. The Morgan fingerprint density at radius 2 is 2.06 bits per heavy atom. The van der Waals surface area contributed by atoms with Gasteiger partial charge in [0.2, 0.25) is 5.91 Å². The molecule has 0 bridgehead atoms. The number of aromatic amines is 1. The molecule has 0 saturated carbocycles. The molecular weight excluding hydrogens is 226 g/mol. The third-order valence-corrected chi connectivity index (χ3v) is 2.65. The maximum Gasteiger partial charge on any atom is 0.224 e. The van der Waals surface area contributed by atoms with Crippen molar-refractivity contribution < 1.29 is 4.79 Å². The van der Waals surface area contributed by atoms with Crippen molar-refractivity contribution in [3.63, 3.8) is 0 Å². The van der Waals surface area contributed by atoms with E-state index in [1.165, 1.54) is 0 Å². The summed E-state index contributed by atoms with van der Waals surface area (Å²) in [6, 6.07) is 9.69. The molecule has 2 rings (SSSR count). The number of anilines is 1. The van der Waals surface area contributed by atoms with Crippen molar-refractivity contribution >= 4 is 11.6 Å². The van der Waals surface area contributed by atoms with Gasteiger partial charge in [0.25, 0.3) is 0 Å². The van der Waals surface area contributed by atoms with Crippen LogP contribution in [-0.2, 0) is 4.79 Å². The minimum absolute atomic E-state index is 0.0564. The Labute approximate surface area is 106 Å². The third kappa shape index (κ3) is 2.97. The summed E-state index contributed by atoms with van der Waals surface area (Å²) in [7, 11) is 0. The van der Waals surface area contributed by atoms with Gasteiger partial charge in [-0.05, 0) is 31.5 Å². The summed E-state index contributed by atoms with van der Waals surface area (Å²) in [5, 5.41) is 9.96. The second kappa shape index (κ2) is 5.49. The first-order valence-corrected chi connectivity index (χ1v) is 6.11. The number of nitrogens with zero attached hydrogens (tertiary/aromatic N) is 1. The van der Waals surface area contributed by atoms with Crippen LogP contribution in [0.4, 0.5) is 5.69 Å². The summed E-state index contributed by atoms with van der Waals surface area (Å²) in [6.07, 6.45) is 1.41. The van der Waals surface area contributed by atoms with Crippen LogP contribution in [0.25, 0.3) is 11.3 Å². The van der Waals surface area contributed by atoms with Gasteiger partial charge in [0, 0.05) is 23.4 Å². The molecule has 0 radical (unpaired) electrons. The Morgan fingerprint density at radius 1 is 1.33 bits per heavy atom. The van der Waals surface area contributed by atoms with E-state index in [0.717, 1.165) is 29.1 Å². The van der Waals surface area contributed by atoms with Crippen molar-refractivity contribution in [2.75, 3.05) is 5.32 Å². The van der Waals surface area contributed by atoms with E-state index in [1.807, 2.05) is 44.2 Å². The summed E-state index contributed by atoms with van der Waals surface area (Å²) in [5.74, 6) is 0.0564. The van der Waals surface area contributed by atoms with Gasteiger partial charge in [-0.15, -0.1) is 0 Å². The topological polar surface area (TPSA) is 57.8 Å². The van der Waals surface area contributed by atoms with Crippen LogP contribution in [0.5, 0.6) is 0 Å². The minimum Gasteiger partial charge on any atom is -0.326 e. The Balaban J connectivity index is 2.08. The third-order valence-electron chi connectivity index (χ3n) is 2.65. The van der Waals surface area contributed by atoms with Crippen LogP contribution >= 0.6 is 0 Å². The summed E-state index contributed by atoms with van der Waals surface area (Å²) >= 11 is 0. The lowest BCUT2D eigenvalue weighted by Crippen LogP contribution is -2.10. The average molecular weight is 243 g/mol. The molecule has 0 unspecified atom stereocenters. The van der Waals surface area contributed by atoms with E-state index >= 15 is 0 Å². The monoisotopic (exact) mass is 243 g/mol. The van der Waals surface area contributed by atoms with Crippen LogP contribution in [0.3, 0.4) is 0 Å². The highest BCUT2D eigenvalue weighted by atomic mass is 16.1. The van der Waals surface area contributed by atoms with Gasteiger partial charge in [-0.25, -0.2) is 0 Å². The number of amides is 1. The highest BCUT2D eigenvalue weighted by Gasteiger charge is 2.03. The van der Waals surface area contributed by atoms with E-state index in [-0.39, 0.29) is 5.91 Å². The Bertz CT molecular complexity index is 528. The molecule has 0 atom stereocenters. The molecule has 94 valence electrons. The number of carbonyl (C=O) groups excluding carboxylic acids is 1. The molecule has 0 aliphatic heterocycles. The maximum absolute atomic E-state index is 11.4. The predicted molar refractivity (Wildman–Crippen MR) is 72.3 cm³/mol. The largest absolute Gasteiger partial charge is 0.326 e. The summed E-state index contributed by atoms with van der Waals surface area (Å²) in [4.78, 5) is 11.4. The van der Waals surface area contributed by atoms with E-state index in [2.05, 4.69) is 15.5 Å². The molecule has 0 fully saturated rings. The molecule has 1 heterocycles. The van der Waals surface area contributed by atoms with Crippen LogP contribution in [0.2, 0.25) is 0 Å². The molecule has 2 aromatic rings. The number of benzene rings is 1. The van der Waals surface area contributed by atoms with Crippen LogP contribution in [0.1, 0.15) is 25.5 Å². The zero-order chi connectivity index (χ0) is 13.0. The number of H-pyrrole nitrogens is 1. The molecule has 4 nitrogen and oxygen atoms in total. The zero-order valence-corrected chi connectivity index (χ0v) is 10.7. The van der Waals surface area contributed by atoms with Crippen molar-refractivity contribution in [2.45, 2.75) is 26.7 Å². The van der Waals surface area contributed by atoms with Gasteiger partial charge in [0.15, 0.2) is 0 Å². The Hall–Kier alpha value is -2.10. The van der Waals surface area contributed by atoms with Crippen molar-refractivity contribution in [1.82, 2.24) is 10.2 Å². The molecule has 0 saturated heterocycles. The lowest BCUT2D eigenvalue weighted by Gasteiger charge is -2.04. The van der Waals surface area contributed by atoms with E-state index in [9.17, 15) is 4.79 Å². The lowest BCUT2D eigenvalue weighted by molar-refractivity contribution is -0.116. The quantitative estimate of drug-likeness (QED) is 0.866. The SMILES string of the molecule is CCCC(=O)Nc1ccc(-c2cc(C)[nH]n2)cc1. The van der Waals surface area contributed by atoms with Crippen LogP contribution < -0.4 is 5.32 Å². The summed E-state index contributed by atoms with van der Waals surface area (Å²) < 4.78 is 0. The van der Waals surface area contributed by atoms with Gasteiger partial charge in [0.1, 0.15) is 0 Å². The van der Waals surface area contributed by atoms with Gasteiger partial charge in [0.05, 0.1) is 5.69 Å². The average Bonchev–Trinajstić information content (AvgIpc) is 2.77. The zero-order valence-electron chi connectivity index (χ0n) is 10.7. The van der Waals surface area contributed by atoms with E-state index < -0.39 is 0 Å². The number of carbonyl (C=O) groups is 1. The second-order valence-electron chi connectivity index (χ2n) is 4.31. The first kappa shape index (κ1) is 12.4. The molecule has 2 N–H and O–H groups in total. The fraction of sp³-hybridized carbons (Fsp3) is 0.286. The molecule has 0 aliphatic carbocycles. The van der Waals surface area contributed by atoms with E-state index in [1.54, 1.807) is 0 Å². The number of aromatic nitrogens is 2. The highest BCUT2D eigenvalue weighted by Crippen LogP contribution is 2.20. The van der Waals surface area contributed by atoms with Crippen molar-refractivity contribution in [1.29, 1.82) is 0 Å². The number of aryl methyl sites for hydroxylation is 1. The molecule has 1 aromatic heterocycles. The minimum atomic E-state index is 0.0564. The van der Waals surface area contributed by atoms with E-state index in [0.29, 0.717) is 6.42 Å². The van der Waals surface area contributed by atoms with Crippen LogP contribution in [0, 0.1) is 6.92 Å². The Morgan fingerprint density at radius 3 is 2.61 bits per heavy atom. The molecule has 18 heavy (non-hydrogen) atoms. The van der Waals surface area contributed by atoms with Gasteiger partial charge in [-0.1, -0.05) is 19.1 Å². The number of nitrogens with one attached hydrogen (secondary N) is 2. The fourth-order valence-corrected chi connectivity index (χ4v) is 1.74. The molecule has 1 aromatic carbocycles. The van der Waals surface area contributed by atoms with Gasteiger partial charge in [-0.3, -0.25) is 9.89 Å². The smallest absolute Gasteiger partial charge is 0.224 e. The van der Waals surface area contributed by atoms with Crippen molar-refractivity contribution in [3.05, 3.63) is 36.0 Å². The first-order chi connectivity index (χ1) is 8.69. The van der Waals surface area contributed by atoms with Gasteiger partial charge < -0.3 is 5.32 Å². The lowest BCUT2D eigenvalue weighted by atomic mass is 10.1. The maximum atomic E-state index is 11.4. The molecule has 0 aliphatic rings. The first-order valence-electron chi connectivity index (χ1n) is 6.11.